The summed E-state index contributed by atoms with van der Waals surface area (Å²) in [6, 6.07) is 18.2. The van der Waals surface area contributed by atoms with Crippen LogP contribution in [-0.4, -0.2) is 34.6 Å². The summed E-state index contributed by atoms with van der Waals surface area (Å²) < 4.78 is 17.7. The predicted molar refractivity (Wildman–Crippen MR) is 111 cm³/mol. The SMILES string of the molecule is Cc1cccc(-c2nnc(Sc3ccc4nnc(-c5ccccc5F)n4n3)n2C)c1. The number of nitrogens with zero attached hydrogens (tertiary/aromatic N) is 7. The van der Waals surface area contributed by atoms with E-state index in [1.165, 1.54) is 17.8 Å². The van der Waals surface area contributed by atoms with Crippen molar-refractivity contribution in [2.75, 3.05) is 0 Å². The third-order valence-electron chi connectivity index (χ3n) is 4.66. The Morgan fingerprint density at radius 2 is 1.70 bits per heavy atom. The minimum Gasteiger partial charge on any atom is -0.305 e. The van der Waals surface area contributed by atoms with Gasteiger partial charge < -0.3 is 4.57 Å². The number of rotatable bonds is 4. The van der Waals surface area contributed by atoms with Gasteiger partial charge >= 0.3 is 0 Å². The zero-order chi connectivity index (χ0) is 20.7. The molecule has 0 amide bonds. The van der Waals surface area contributed by atoms with E-state index in [2.05, 4.69) is 31.6 Å². The van der Waals surface area contributed by atoms with Crippen LogP contribution in [0.15, 0.2) is 70.8 Å². The van der Waals surface area contributed by atoms with Gasteiger partial charge in [0.05, 0.1) is 5.56 Å². The van der Waals surface area contributed by atoms with Crippen molar-refractivity contribution in [2.45, 2.75) is 17.1 Å². The van der Waals surface area contributed by atoms with Crippen molar-refractivity contribution in [3.8, 4) is 22.8 Å². The van der Waals surface area contributed by atoms with Crippen LogP contribution >= 0.6 is 11.8 Å². The normalized spacial score (nSPS) is 11.3. The van der Waals surface area contributed by atoms with Gasteiger partial charge in [0.15, 0.2) is 22.5 Å². The molecule has 0 saturated heterocycles. The van der Waals surface area contributed by atoms with Crippen LogP contribution in [0.5, 0.6) is 0 Å². The molecule has 0 saturated carbocycles. The summed E-state index contributed by atoms with van der Waals surface area (Å²) in [5.41, 5.74) is 3.04. The Morgan fingerprint density at radius 1 is 0.867 bits per heavy atom. The van der Waals surface area contributed by atoms with E-state index in [0.717, 1.165) is 17.0 Å². The van der Waals surface area contributed by atoms with Gasteiger partial charge in [-0.1, -0.05) is 35.9 Å². The average Bonchev–Trinajstić information content (AvgIpc) is 3.32. The summed E-state index contributed by atoms with van der Waals surface area (Å²) in [4.78, 5) is 0. The Balaban J connectivity index is 1.51. The van der Waals surface area contributed by atoms with Crippen molar-refractivity contribution in [3.05, 3.63) is 72.0 Å². The summed E-state index contributed by atoms with van der Waals surface area (Å²) in [7, 11) is 1.92. The van der Waals surface area contributed by atoms with E-state index in [1.807, 2.05) is 42.8 Å². The first-order chi connectivity index (χ1) is 14.6. The molecule has 7 nitrogen and oxygen atoms in total. The molecule has 0 fully saturated rings. The van der Waals surface area contributed by atoms with Gasteiger partial charge in [-0.25, -0.2) is 4.39 Å². The molecule has 30 heavy (non-hydrogen) atoms. The number of aromatic nitrogens is 7. The minimum absolute atomic E-state index is 0.347. The van der Waals surface area contributed by atoms with Gasteiger partial charge in [0.25, 0.3) is 0 Å². The lowest BCUT2D eigenvalue weighted by Gasteiger charge is -2.05. The van der Waals surface area contributed by atoms with Crippen LogP contribution in [0.25, 0.3) is 28.4 Å². The van der Waals surface area contributed by atoms with Gasteiger partial charge in [0.1, 0.15) is 10.8 Å². The van der Waals surface area contributed by atoms with E-state index in [1.54, 1.807) is 28.8 Å². The monoisotopic (exact) mass is 417 g/mol. The molecule has 0 bridgehead atoms. The first-order valence-electron chi connectivity index (χ1n) is 9.22. The van der Waals surface area contributed by atoms with Crippen LogP contribution < -0.4 is 0 Å². The number of hydrogen-bond donors (Lipinski definition) is 0. The maximum absolute atomic E-state index is 14.2. The van der Waals surface area contributed by atoms with Crippen LogP contribution in [0.2, 0.25) is 0 Å². The van der Waals surface area contributed by atoms with E-state index >= 15 is 0 Å². The van der Waals surface area contributed by atoms with Crippen molar-refractivity contribution >= 4 is 17.4 Å². The lowest BCUT2D eigenvalue weighted by Crippen LogP contribution is -1.99. The fourth-order valence-electron chi connectivity index (χ4n) is 3.17. The van der Waals surface area contributed by atoms with Gasteiger partial charge in [-0.15, -0.1) is 20.4 Å². The van der Waals surface area contributed by atoms with Gasteiger partial charge in [-0.2, -0.15) is 9.61 Å². The molecule has 3 aromatic heterocycles. The zero-order valence-electron chi connectivity index (χ0n) is 16.2. The summed E-state index contributed by atoms with van der Waals surface area (Å²) in [5.74, 6) is 0.755. The average molecular weight is 417 g/mol. The van der Waals surface area contributed by atoms with Gasteiger partial charge in [-0.05, 0) is 49.0 Å². The lowest BCUT2D eigenvalue weighted by atomic mass is 10.1. The molecule has 9 heteroatoms. The molecule has 0 N–H and O–H groups in total. The lowest BCUT2D eigenvalue weighted by molar-refractivity contribution is 0.629. The molecule has 148 valence electrons. The number of hydrogen-bond acceptors (Lipinski definition) is 6. The van der Waals surface area contributed by atoms with Crippen LogP contribution in [0, 0.1) is 12.7 Å². The highest BCUT2D eigenvalue weighted by Crippen LogP contribution is 2.29. The number of fused-ring (bicyclic) bond motifs is 1. The summed E-state index contributed by atoms with van der Waals surface area (Å²) in [6.07, 6.45) is 0. The van der Waals surface area contributed by atoms with E-state index in [0.29, 0.717) is 27.2 Å². The molecule has 2 aromatic carbocycles. The third-order valence-corrected chi connectivity index (χ3v) is 5.63. The van der Waals surface area contributed by atoms with Crippen LogP contribution in [0.3, 0.4) is 0 Å². The van der Waals surface area contributed by atoms with Crippen LogP contribution in [0.1, 0.15) is 5.56 Å². The maximum atomic E-state index is 14.2. The molecule has 0 unspecified atom stereocenters. The standard InChI is InChI=1S/C21H16FN7S/c1-13-6-5-7-14(12-13)19-24-26-21(28(19)2)30-18-11-10-17-23-25-20(29(17)27-18)15-8-3-4-9-16(15)22/h3-12H,1-2H3. The summed E-state index contributed by atoms with van der Waals surface area (Å²) in [6.45, 7) is 2.04. The van der Waals surface area contributed by atoms with Crippen molar-refractivity contribution in [1.29, 1.82) is 0 Å². The highest BCUT2D eigenvalue weighted by Gasteiger charge is 2.16. The van der Waals surface area contributed by atoms with Crippen LogP contribution in [0.4, 0.5) is 4.39 Å². The fraction of sp³-hybridized carbons (Fsp3) is 0.0952. The Hall–Kier alpha value is -3.59. The molecule has 0 radical (unpaired) electrons. The second kappa shape index (κ2) is 7.34. The van der Waals surface area contributed by atoms with Crippen molar-refractivity contribution in [2.24, 2.45) is 7.05 Å². The Bertz CT molecular complexity index is 1380. The second-order valence-corrected chi connectivity index (χ2v) is 7.77. The predicted octanol–water partition coefficient (Wildman–Crippen LogP) is 4.19. The first kappa shape index (κ1) is 18.4. The molecule has 0 spiro atoms. The largest absolute Gasteiger partial charge is 0.305 e. The van der Waals surface area contributed by atoms with Crippen molar-refractivity contribution in [3.63, 3.8) is 0 Å². The maximum Gasteiger partial charge on any atom is 0.197 e. The highest BCUT2D eigenvalue weighted by atomic mass is 32.2. The van der Waals surface area contributed by atoms with Gasteiger partial charge in [0, 0.05) is 12.6 Å². The van der Waals surface area contributed by atoms with E-state index in [4.69, 9.17) is 0 Å². The van der Waals surface area contributed by atoms with Crippen molar-refractivity contribution < 1.29 is 4.39 Å². The number of benzene rings is 2. The molecule has 0 atom stereocenters. The molecule has 3 heterocycles. The fourth-order valence-corrected chi connectivity index (χ4v) is 3.92. The zero-order valence-corrected chi connectivity index (χ0v) is 17.0. The minimum atomic E-state index is -0.372. The quantitative estimate of drug-likeness (QED) is 0.437. The van der Waals surface area contributed by atoms with E-state index in [-0.39, 0.29) is 5.82 Å². The molecular formula is C21H16FN7S. The molecule has 0 aliphatic heterocycles. The van der Waals surface area contributed by atoms with E-state index in [9.17, 15) is 4.39 Å². The Morgan fingerprint density at radius 3 is 2.53 bits per heavy atom. The molecule has 5 rings (SSSR count). The highest BCUT2D eigenvalue weighted by molar-refractivity contribution is 7.99. The molecule has 0 aliphatic rings. The Labute approximate surface area is 175 Å². The molecular weight excluding hydrogens is 401 g/mol. The van der Waals surface area contributed by atoms with Gasteiger partial charge in [-0.3, -0.25) is 0 Å². The van der Waals surface area contributed by atoms with Gasteiger partial charge in [0.2, 0.25) is 0 Å². The molecule has 5 aromatic rings. The number of aryl methyl sites for hydroxylation is 1. The molecule has 0 aliphatic carbocycles. The van der Waals surface area contributed by atoms with E-state index < -0.39 is 0 Å². The second-order valence-electron chi connectivity index (χ2n) is 6.78. The smallest absolute Gasteiger partial charge is 0.197 e. The Kier molecular flexibility index (Phi) is 4.51. The van der Waals surface area contributed by atoms with Crippen molar-refractivity contribution in [1.82, 2.24) is 34.6 Å². The third kappa shape index (κ3) is 3.22. The summed E-state index contributed by atoms with van der Waals surface area (Å²) >= 11 is 1.37. The van der Waals surface area contributed by atoms with Crippen LogP contribution in [-0.2, 0) is 7.05 Å². The number of halogens is 1. The first-order valence-corrected chi connectivity index (χ1v) is 10.0. The summed E-state index contributed by atoms with van der Waals surface area (Å²) in [5, 5.41) is 22.8. The topological polar surface area (TPSA) is 73.8 Å².